The number of fused-ring (bicyclic) bond motifs is 3. The van der Waals surface area contributed by atoms with Crippen molar-refractivity contribution in [2.24, 2.45) is 0 Å². The number of Topliss-reactive ketones (excluding diaryl/α,β-unsaturated/α-hetero) is 1. The third-order valence-corrected chi connectivity index (χ3v) is 5.20. The molecule has 3 aromatic carbocycles. The number of carbonyl (C=O) groups is 2. The fourth-order valence-corrected chi connectivity index (χ4v) is 3.77. The van der Waals surface area contributed by atoms with Gasteiger partial charge in [0.15, 0.2) is 11.5 Å². The van der Waals surface area contributed by atoms with Crippen molar-refractivity contribution >= 4 is 39.2 Å². The molecule has 0 bridgehead atoms. The summed E-state index contributed by atoms with van der Waals surface area (Å²) in [5, 5.41) is 4.65. The second kappa shape index (κ2) is 7.91. The molecule has 4 aromatic rings. The van der Waals surface area contributed by atoms with Gasteiger partial charge in [0.25, 0.3) is 11.7 Å². The first kappa shape index (κ1) is 19.5. The van der Waals surface area contributed by atoms with E-state index in [1.165, 1.54) is 14.2 Å². The number of amides is 1. The molecule has 0 unspecified atom stereocenters. The SMILES string of the molecule is CCn1c2ccccc2c2cc(C(=O)C(=O)Nc3ccc(OC)c(OC)c3)ccc21. The second-order valence-electron chi connectivity index (χ2n) is 6.85. The van der Waals surface area contributed by atoms with Crippen LogP contribution in [0.15, 0.2) is 60.7 Å². The standard InChI is InChI=1S/C24H22N2O4/c1-4-26-19-8-6-5-7-17(19)18-13-15(9-11-20(18)26)23(27)24(28)25-16-10-12-21(29-2)22(14-16)30-3/h5-14H,4H2,1-3H3,(H,25,28). The lowest BCUT2D eigenvalue weighted by atomic mass is 10.1. The zero-order valence-corrected chi connectivity index (χ0v) is 17.1. The van der Waals surface area contributed by atoms with Crippen molar-refractivity contribution in [1.82, 2.24) is 4.57 Å². The molecule has 0 aliphatic heterocycles. The Bertz CT molecular complexity index is 1270. The molecule has 1 amide bonds. The van der Waals surface area contributed by atoms with E-state index in [9.17, 15) is 9.59 Å². The van der Waals surface area contributed by atoms with Crippen LogP contribution in [0.2, 0.25) is 0 Å². The lowest BCUT2D eigenvalue weighted by Crippen LogP contribution is -2.22. The number of para-hydroxylation sites is 1. The number of rotatable bonds is 6. The zero-order chi connectivity index (χ0) is 21.3. The Balaban J connectivity index is 1.66. The van der Waals surface area contributed by atoms with Gasteiger partial charge in [0.05, 0.1) is 14.2 Å². The highest BCUT2D eigenvalue weighted by Gasteiger charge is 2.19. The van der Waals surface area contributed by atoms with Crippen LogP contribution in [0.25, 0.3) is 21.8 Å². The maximum Gasteiger partial charge on any atom is 0.296 e. The van der Waals surface area contributed by atoms with E-state index in [0.29, 0.717) is 22.7 Å². The van der Waals surface area contributed by atoms with Crippen LogP contribution in [0.5, 0.6) is 11.5 Å². The molecule has 30 heavy (non-hydrogen) atoms. The number of hydrogen-bond acceptors (Lipinski definition) is 4. The Hall–Kier alpha value is -3.80. The summed E-state index contributed by atoms with van der Waals surface area (Å²) in [5.74, 6) is -0.294. The lowest BCUT2D eigenvalue weighted by Gasteiger charge is -2.10. The highest BCUT2D eigenvalue weighted by Crippen LogP contribution is 2.31. The number of aromatic nitrogens is 1. The van der Waals surface area contributed by atoms with E-state index in [1.807, 2.05) is 24.3 Å². The van der Waals surface area contributed by atoms with Gasteiger partial charge in [-0.1, -0.05) is 18.2 Å². The van der Waals surface area contributed by atoms with Gasteiger partial charge in [-0.3, -0.25) is 9.59 Å². The molecule has 0 aliphatic carbocycles. The number of methoxy groups -OCH3 is 2. The van der Waals surface area contributed by atoms with E-state index in [4.69, 9.17) is 9.47 Å². The predicted molar refractivity (Wildman–Crippen MR) is 118 cm³/mol. The average Bonchev–Trinajstić information content (AvgIpc) is 3.11. The first-order valence-corrected chi connectivity index (χ1v) is 9.66. The molecular formula is C24H22N2O4. The van der Waals surface area contributed by atoms with Crippen LogP contribution >= 0.6 is 0 Å². The summed E-state index contributed by atoms with van der Waals surface area (Å²) >= 11 is 0. The molecule has 6 nitrogen and oxygen atoms in total. The van der Waals surface area contributed by atoms with Crippen LogP contribution in [0.4, 0.5) is 5.69 Å². The molecule has 4 rings (SSSR count). The van der Waals surface area contributed by atoms with E-state index < -0.39 is 11.7 Å². The average molecular weight is 402 g/mol. The molecule has 0 spiro atoms. The topological polar surface area (TPSA) is 69.6 Å². The molecule has 0 aliphatic rings. The van der Waals surface area contributed by atoms with Gasteiger partial charge < -0.3 is 19.4 Å². The number of hydrogen-bond donors (Lipinski definition) is 1. The maximum absolute atomic E-state index is 12.8. The van der Waals surface area contributed by atoms with Crippen LogP contribution in [0.3, 0.4) is 0 Å². The molecule has 152 valence electrons. The summed E-state index contributed by atoms with van der Waals surface area (Å²) < 4.78 is 12.6. The molecular weight excluding hydrogens is 380 g/mol. The van der Waals surface area contributed by atoms with Crippen molar-refractivity contribution < 1.29 is 19.1 Å². The van der Waals surface area contributed by atoms with Gasteiger partial charge >= 0.3 is 0 Å². The molecule has 1 N–H and O–H groups in total. The van der Waals surface area contributed by atoms with Crippen LogP contribution in [-0.2, 0) is 11.3 Å². The largest absolute Gasteiger partial charge is 0.493 e. The van der Waals surface area contributed by atoms with Crippen molar-refractivity contribution in [1.29, 1.82) is 0 Å². The number of benzene rings is 3. The van der Waals surface area contributed by atoms with Gasteiger partial charge in [-0.05, 0) is 43.3 Å². The quantitative estimate of drug-likeness (QED) is 0.376. The van der Waals surface area contributed by atoms with E-state index in [1.54, 1.807) is 30.3 Å². The Morgan fingerprint density at radius 2 is 1.60 bits per heavy atom. The number of nitrogens with zero attached hydrogens (tertiary/aromatic N) is 1. The highest BCUT2D eigenvalue weighted by atomic mass is 16.5. The Kier molecular flexibility index (Phi) is 5.14. The van der Waals surface area contributed by atoms with Crippen molar-refractivity contribution in [3.8, 4) is 11.5 Å². The lowest BCUT2D eigenvalue weighted by molar-refractivity contribution is -0.112. The summed E-state index contributed by atoms with van der Waals surface area (Å²) in [6, 6.07) is 18.4. The van der Waals surface area contributed by atoms with Crippen molar-refractivity contribution in [2.45, 2.75) is 13.5 Å². The van der Waals surface area contributed by atoms with Crippen molar-refractivity contribution in [3.05, 3.63) is 66.2 Å². The van der Waals surface area contributed by atoms with Crippen LogP contribution in [0, 0.1) is 0 Å². The summed E-state index contributed by atoms with van der Waals surface area (Å²) in [5.41, 5.74) is 2.94. The molecule has 0 atom stereocenters. The van der Waals surface area contributed by atoms with Crippen molar-refractivity contribution in [3.63, 3.8) is 0 Å². The molecule has 6 heteroatoms. The minimum Gasteiger partial charge on any atom is -0.493 e. The minimum atomic E-state index is -0.708. The molecule has 1 aromatic heterocycles. The highest BCUT2D eigenvalue weighted by molar-refractivity contribution is 6.46. The van der Waals surface area contributed by atoms with E-state index >= 15 is 0 Å². The smallest absolute Gasteiger partial charge is 0.296 e. The van der Waals surface area contributed by atoms with E-state index in [2.05, 4.69) is 22.9 Å². The zero-order valence-electron chi connectivity index (χ0n) is 17.1. The Morgan fingerprint density at radius 3 is 2.33 bits per heavy atom. The van der Waals surface area contributed by atoms with Gasteiger partial charge in [-0.2, -0.15) is 0 Å². The maximum atomic E-state index is 12.8. The van der Waals surface area contributed by atoms with Crippen LogP contribution in [-0.4, -0.2) is 30.5 Å². The van der Waals surface area contributed by atoms with Gasteiger partial charge in [0, 0.05) is 45.7 Å². The molecule has 0 fully saturated rings. The summed E-state index contributed by atoms with van der Waals surface area (Å²) in [6.07, 6.45) is 0. The molecule has 0 saturated heterocycles. The Labute approximate surface area is 174 Å². The van der Waals surface area contributed by atoms with Gasteiger partial charge in [-0.15, -0.1) is 0 Å². The number of nitrogens with one attached hydrogen (secondary N) is 1. The molecule has 0 radical (unpaired) electrons. The monoisotopic (exact) mass is 402 g/mol. The van der Waals surface area contributed by atoms with Gasteiger partial charge in [0.2, 0.25) is 0 Å². The molecule has 0 saturated carbocycles. The first-order valence-electron chi connectivity index (χ1n) is 9.66. The fraction of sp³-hybridized carbons (Fsp3) is 0.167. The predicted octanol–water partition coefficient (Wildman–Crippen LogP) is 4.65. The van der Waals surface area contributed by atoms with Gasteiger partial charge in [-0.25, -0.2) is 0 Å². The molecule has 1 heterocycles. The first-order chi connectivity index (χ1) is 14.6. The number of aryl methyl sites for hydroxylation is 1. The Morgan fingerprint density at radius 1 is 0.867 bits per heavy atom. The summed E-state index contributed by atoms with van der Waals surface area (Å²) in [7, 11) is 3.04. The summed E-state index contributed by atoms with van der Waals surface area (Å²) in [6.45, 7) is 2.90. The third kappa shape index (κ3) is 3.26. The number of ether oxygens (including phenoxy) is 2. The normalized spacial score (nSPS) is 10.9. The van der Waals surface area contributed by atoms with E-state index in [0.717, 1.165) is 28.4 Å². The van der Waals surface area contributed by atoms with Crippen molar-refractivity contribution in [2.75, 3.05) is 19.5 Å². The second-order valence-corrected chi connectivity index (χ2v) is 6.85. The minimum absolute atomic E-state index is 0.347. The number of carbonyl (C=O) groups excluding carboxylic acids is 2. The number of ketones is 1. The van der Waals surface area contributed by atoms with Crippen LogP contribution in [0.1, 0.15) is 17.3 Å². The summed E-state index contributed by atoms with van der Waals surface area (Å²) in [4.78, 5) is 25.4. The third-order valence-electron chi connectivity index (χ3n) is 5.20. The van der Waals surface area contributed by atoms with Gasteiger partial charge in [0.1, 0.15) is 0 Å². The number of anilines is 1. The fourth-order valence-electron chi connectivity index (χ4n) is 3.77. The van der Waals surface area contributed by atoms with E-state index in [-0.39, 0.29) is 0 Å². The van der Waals surface area contributed by atoms with Crippen LogP contribution < -0.4 is 14.8 Å².